The number of rotatable bonds is 5. The summed E-state index contributed by atoms with van der Waals surface area (Å²) in [5, 5.41) is 0. The molecule has 1 aliphatic rings. The van der Waals surface area contributed by atoms with Gasteiger partial charge in [-0.1, -0.05) is 24.3 Å². The van der Waals surface area contributed by atoms with Gasteiger partial charge in [0.05, 0.1) is 17.2 Å². The van der Waals surface area contributed by atoms with E-state index < -0.39 is 0 Å². The van der Waals surface area contributed by atoms with Gasteiger partial charge in [0, 0.05) is 13.0 Å². The summed E-state index contributed by atoms with van der Waals surface area (Å²) in [7, 11) is 0. The zero-order valence-corrected chi connectivity index (χ0v) is 17.3. The summed E-state index contributed by atoms with van der Waals surface area (Å²) >= 11 is 0. The average Bonchev–Trinajstić information content (AvgIpc) is 3.49. The van der Waals surface area contributed by atoms with Crippen molar-refractivity contribution < 1.29 is 13.6 Å². The van der Waals surface area contributed by atoms with Crippen molar-refractivity contribution in [3.63, 3.8) is 0 Å². The largest absolute Gasteiger partial charge is 0.443 e. The van der Waals surface area contributed by atoms with Gasteiger partial charge in [0.25, 0.3) is 0 Å². The maximum absolute atomic E-state index is 13.2. The molecule has 1 aliphatic heterocycles. The molecule has 5 rings (SSSR count). The lowest BCUT2D eigenvalue weighted by Gasteiger charge is -2.23. The fourth-order valence-electron chi connectivity index (χ4n) is 4.31. The van der Waals surface area contributed by atoms with E-state index in [1.54, 1.807) is 18.3 Å². The van der Waals surface area contributed by atoms with Gasteiger partial charge in [0.2, 0.25) is 11.8 Å². The Bertz CT molecular complexity index is 1230. The number of amides is 1. The van der Waals surface area contributed by atoms with Crippen molar-refractivity contribution in [2.75, 3.05) is 6.54 Å². The number of oxazole rings is 1. The number of hydrogen-bond donors (Lipinski definition) is 0. The van der Waals surface area contributed by atoms with Gasteiger partial charge in [0.1, 0.15) is 30.0 Å². The van der Waals surface area contributed by atoms with E-state index >= 15 is 0 Å². The van der Waals surface area contributed by atoms with E-state index in [2.05, 4.69) is 9.97 Å². The summed E-state index contributed by atoms with van der Waals surface area (Å²) in [6.07, 6.45) is 3.98. The van der Waals surface area contributed by atoms with Crippen LogP contribution in [0, 0.1) is 12.7 Å². The third-order valence-electron chi connectivity index (χ3n) is 5.86. The summed E-state index contributed by atoms with van der Waals surface area (Å²) in [4.78, 5) is 24.1. The van der Waals surface area contributed by atoms with Crippen LogP contribution in [0.2, 0.25) is 0 Å². The molecule has 1 amide bonds. The first-order valence-electron chi connectivity index (χ1n) is 10.5. The van der Waals surface area contributed by atoms with E-state index in [-0.39, 0.29) is 24.3 Å². The molecule has 4 aromatic rings. The highest BCUT2D eigenvalue weighted by molar-refractivity contribution is 5.81. The Kier molecular flexibility index (Phi) is 5.02. The number of halogens is 1. The van der Waals surface area contributed by atoms with Gasteiger partial charge in [0.15, 0.2) is 0 Å². The first-order valence-corrected chi connectivity index (χ1v) is 10.5. The summed E-state index contributed by atoms with van der Waals surface area (Å²) in [5.74, 6) is 1.87. The number of para-hydroxylation sites is 2. The Morgan fingerprint density at radius 2 is 2.00 bits per heavy atom. The van der Waals surface area contributed by atoms with Crippen LogP contribution in [-0.2, 0) is 17.8 Å². The highest BCUT2D eigenvalue weighted by Crippen LogP contribution is 2.32. The van der Waals surface area contributed by atoms with E-state index in [1.807, 2.05) is 40.7 Å². The van der Waals surface area contributed by atoms with Crippen LogP contribution in [0.15, 0.2) is 59.1 Å². The van der Waals surface area contributed by atoms with Gasteiger partial charge in [-0.2, -0.15) is 0 Å². The lowest BCUT2D eigenvalue weighted by molar-refractivity contribution is -0.133. The second-order valence-corrected chi connectivity index (χ2v) is 7.95. The van der Waals surface area contributed by atoms with Crippen LogP contribution in [-0.4, -0.2) is 31.9 Å². The van der Waals surface area contributed by atoms with Crippen molar-refractivity contribution in [3.8, 4) is 0 Å². The van der Waals surface area contributed by atoms with Gasteiger partial charge < -0.3 is 13.9 Å². The van der Waals surface area contributed by atoms with Gasteiger partial charge in [-0.05, 0) is 49.6 Å². The van der Waals surface area contributed by atoms with Crippen molar-refractivity contribution in [2.45, 2.75) is 38.8 Å². The predicted molar refractivity (Wildman–Crippen MR) is 114 cm³/mol. The lowest BCUT2D eigenvalue weighted by atomic mass is 10.1. The van der Waals surface area contributed by atoms with Crippen LogP contribution in [0.5, 0.6) is 0 Å². The molecule has 1 fully saturated rings. The number of nitrogens with zero attached hydrogens (tertiary/aromatic N) is 4. The molecule has 0 bridgehead atoms. The summed E-state index contributed by atoms with van der Waals surface area (Å²) in [5.41, 5.74) is 2.80. The maximum atomic E-state index is 13.2. The van der Waals surface area contributed by atoms with Crippen LogP contribution in [0.4, 0.5) is 4.39 Å². The minimum absolute atomic E-state index is 0.0343. The van der Waals surface area contributed by atoms with Crippen LogP contribution < -0.4 is 0 Å². The van der Waals surface area contributed by atoms with Crippen LogP contribution in [0.1, 0.15) is 41.9 Å². The number of imidazole rings is 1. The zero-order valence-electron chi connectivity index (χ0n) is 17.3. The monoisotopic (exact) mass is 418 g/mol. The van der Waals surface area contributed by atoms with Crippen molar-refractivity contribution in [2.24, 2.45) is 0 Å². The number of hydrogen-bond acceptors (Lipinski definition) is 4. The number of carbonyl (C=O) groups excluding carboxylic acids is 1. The third kappa shape index (κ3) is 3.83. The van der Waals surface area contributed by atoms with Gasteiger partial charge in [-0.25, -0.2) is 14.4 Å². The molecule has 31 heavy (non-hydrogen) atoms. The molecule has 3 heterocycles. The molecule has 0 N–H and O–H groups in total. The Hall–Kier alpha value is -3.48. The van der Waals surface area contributed by atoms with Crippen LogP contribution in [0.3, 0.4) is 0 Å². The molecule has 2 aromatic carbocycles. The van der Waals surface area contributed by atoms with E-state index in [9.17, 15) is 9.18 Å². The highest BCUT2D eigenvalue weighted by atomic mass is 19.1. The van der Waals surface area contributed by atoms with Crippen LogP contribution in [0.25, 0.3) is 11.0 Å². The lowest BCUT2D eigenvalue weighted by Crippen LogP contribution is -2.33. The molecule has 2 aromatic heterocycles. The molecule has 0 radical (unpaired) electrons. The van der Waals surface area contributed by atoms with Gasteiger partial charge in [-0.15, -0.1) is 0 Å². The van der Waals surface area contributed by atoms with E-state index in [4.69, 9.17) is 4.42 Å². The first-order chi connectivity index (χ1) is 15.1. The Morgan fingerprint density at radius 1 is 1.19 bits per heavy atom. The fraction of sp³-hybridized carbons (Fsp3) is 0.292. The average molecular weight is 418 g/mol. The molecule has 0 aliphatic carbocycles. The normalized spacial score (nSPS) is 16.3. The van der Waals surface area contributed by atoms with Crippen molar-refractivity contribution in [1.82, 2.24) is 19.4 Å². The number of likely N-dealkylation sites (tertiary alicyclic amines) is 1. The van der Waals surface area contributed by atoms with Gasteiger partial charge in [-0.3, -0.25) is 4.79 Å². The highest BCUT2D eigenvalue weighted by Gasteiger charge is 2.33. The number of benzene rings is 2. The van der Waals surface area contributed by atoms with Crippen LogP contribution >= 0.6 is 0 Å². The molecule has 1 saturated heterocycles. The molecule has 6 nitrogen and oxygen atoms in total. The molecule has 0 unspecified atom stereocenters. The minimum Gasteiger partial charge on any atom is -0.443 e. The maximum Gasteiger partial charge on any atom is 0.243 e. The molecule has 7 heteroatoms. The smallest absolute Gasteiger partial charge is 0.243 e. The van der Waals surface area contributed by atoms with E-state index in [0.29, 0.717) is 24.6 Å². The topological polar surface area (TPSA) is 64.2 Å². The minimum atomic E-state index is -0.261. The molecular weight excluding hydrogens is 395 g/mol. The third-order valence-corrected chi connectivity index (χ3v) is 5.86. The number of aryl methyl sites for hydroxylation is 1. The molecule has 158 valence electrons. The fourth-order valence-corrected chi connectivity index (χ4v) is 4.31. The Morgan fingerprint density at radius 3 is 2.84 bits per heavy atom. The van der Waals surface area contributed by atoms with Crippen molar-refractivity contribution in [1.29, 1.82) is 0 Å². The summed E-state index contributed by atoms with van der Waals surface area (Å²) in [6, 6.07) is 14.0. The standard InChI is InChI=1S/C24H23FN4O2/c1-16-27-20-5-2-3-6-21(20)29(16)15-23(30)28-12-4-7-22(28)24-26-14-19(31-24)13-17-8-10-18(25)11-9-17/h2-3,5-6,8-11,14,22H,4,7,12-13,15H2,1H3/t22-/m0/s1. The number of carbonyl (C=O) groups is 1. The second kappa shape index (κ2) is 7.98. The van der Waals surface area contributed by atoms with Crippen molar-refractivity contribution >= 4 is 16.9 Å². The molecule has 1 atom stereocenters. The number of fused-ring (bicyclic) bond motifs is 1. The van der Waals surface area contributed by atoms with Gasteiger partial charge >= 0.3 is 0 Å². The van der Waals surface area contributed by atoms with Crippen molar-refractivity contribution in [3.05, 3.63) is 83.6 Å². The SMILES string of the molecule is Cc1nc2ccccc2n1CC(=O)N1CCC[C@H]1c1ncc(Cc2ccc(F)cc2)o1. The van der Waals surface area contributed by atoms with E-state index in [1.165, 1.54) is 12.1 Å². The molecular formula is C24H23FN4O2. The quantitative estimate of drug-likeness (QED) is 0.481. The summed E-state index contributed by atoms with van der Waals surface area (Å²) < 4.78 is 21.1. The first kappa shape index (κ1) is 19.5. The Labute approximate surface area is 179 Å². The molecule has 0 spiro atoms. The zero-order chi connectivity index (χ0) is 21.4. The molecule has 0 saturated carbocycles. The number of aromatic nitrogens is 3. The second-order valence-electron chi connectivity index (χ2n) is 7.95. The van der Waals surface area contributed by atoms with E-state index in [0.717, 1.165) is 35.3 Å². The summed E-state index contributed by atoms with van der Waals surface area (Å²) in [6.45, 7) is 2.85. The Balaban J connectivity index is 1.32. The predicted octanol–water partition coefficient (Wildman–Crippen LogP) is 4.43.